The van der Waals surface area contributed by atoms with E-state index < -0.39 is 5.60 Å². The first-order valence-corrected chi connectivity index (χ1v) is 8.64. The molecule has 1 saturated carbocycles. The molecule has 0 radical (unpaired) electrons. The number of alkyl carbamates (subject to hydrolysis) is 1. The van der Waals surface area contributed by atoms with Gasteiger partial charge in [-0.2, -0.15) is 0 Å². The van der Waals surface area contributed by atoms with E-state index in [0.29, 0.717) is 15.5 Å². The summed E-state index contributed by atoms with van der Waals surface area (Å²) >= 11 is 6.62. The molecule has 1 aliphatic carbocycles. The zero-order valence-corrected chi connectivity index (χ0v) is 15.9. The lowest BCUT2D eigenvalue weighted by atomic mass is 10.2. The Hall–Kier alpha value is -0.790. The fourth-order valence-corrected chi connectivity index (χ4v) is 3.29. The molecule has 0 bridgehead atoms. The minimum absolute atomic E-state index is 0.110. The molecule has 2 atom stereocenters. The Balaban J connectivity index is 1.77. The van der Waals surface area contributed by atoms with Crippen molar-refractivity contribution in [2.75, 3.05) is 0 Å². The van der Waals surface area contributed by atoms with E-state index >= 15 is 0 Å². The molecule has 3 N–H and O–H groups in total. The second-order valence-electron chi connectivity index (χ2n) is 6.38. The first-order chi connectivity index (χ1) is 10.2. The molecule has 7 heteroatoms. The van der Waals surface area contributed by atoms with Crippen molar-refractivity contribution in [2.24, 2.45) is 0 Å². The van der Waals surface area contributed by atoms with E-state index in [2.05, 4.69) is 42.5 Å². The van der Waals surface area contributed by atoms with Crippen LogP contribution in [0.15, 0.2) is 21.1 Å². The number of phenolic OH excluding ortho intramolecular Hbond substituents is 1. The standard InChI is InChI=1S/C15H20Br2N2O3/c1-15(2,3)22-14(21)19-12-6-11(12)18-7-8-4-9(16)13(20)10(17)5-8/h4-5,11-12,18,20H,6-7H2,1-3H3,(H,19,21). The SMILES string of the molecule is CC(C)(C)OC(=O)NC1CC1NCc1cc(Br)c(O)c(Br)c1. The Morgan fingerprint density at radius 1 is 1.32 bits per heavy atom. The number of aromatic hydroxyl groups is 1. The van der Waals surface area contributed by atoms with Crippen molar-refractivity contribution in [1.82, 2.24) is 10.6 Å². The second kappa shape index (κ2) is 6.76. The molecule has 1 aromatic carbocycles. The quantitative estimate of drug-likeness (QED) is 0.674. The monoisotopic (exact) mass is 434 g/mol. The fourth-order valence-electron chi connectivity index (χ4n) is 2.01. The summed E-state index contributed by atoms with van der Waals surface area (Å²) in [6.45, 7) is 6.19. The van der Waals surface area contributed by atoms with Gasteiger partial charge in [0, 0.05) is 18.6 Å². The van der Waals surface area contributed by atoms with Crippen LogP contribution in [0, 0.1) is 0 Å². The van der Waals surface area contributed by atoms with Gasteiger partial charge < -0.3 is 20.5 Å². The Morgan fingerprint density at radius 2 is 1.91 bits per heavy atom. The summed E-state index contributed by atoms with van der Waals surface area (Å²) in [4.78, 5) is 11.7. The number of carbonyl (C=O) groups excluding carboxylic acids is 1. The van der Waals surface area contributed by atoms with Crippen LogP contribution in [0.4, 0.5) is 4.79 Å². The van der Waals surface area contributed by atoms with Crippen LogP contribution in [-0.2, 0) is 11.3 Å². The summed E-state index contributed by atoms with van der Waals surface area (Å²) in [7, 11) is 0. The number of nitrogens with one attached hydrogen (secondary N) is 2. The molecule has 2 unspecified atom stereocenters. The van der Waals surface area contributed by atoms with Crippen LogP contribution in [0.2, 0.25) is 0 Å². The van der Waals surface area contributed by atoms with Gasteiger partial charge in [0.1, 0.15) is 11.4 Å². The van der Waals surface area contributed by atoms with Crippen molar-refractivity contribution < 1.29 is 14.6 Å². The molecule has 1 amide bonds. The first-order valence-electron chi connectivity index (χ1n) is 7.05. The summed E-state index contributed by atoms with van der Waals surface area (Å²) in [6.07, 6.45) is 0.511. The number of carbonyl (C=O) groups is 1. The molecule has 2 rings (SSSR count). The smallest absolute Gasteiger partial charge is 0.407 e. The number of halogens is 2. The van der Waals surface area contributed by atoms with Gasteiger partial charge in [-0.3, -0.25) is 0 Å². The lowest BCUT2D eigenvalue weighted by Gasteiger charge is -2.19. The molecular weight excluding hydrogens is 416 g/mol. The summed E-state index contributed by atoms with van der Waals surface area (Å²) in [6, 6.07) is 4.09. The van der Waals surface area contributed by atoms with Crippen LogP contribution in [0.1, 0.15) is 32.8 Å². The summed E-state index contributed by atoms with van der Waals surface area (Å²) in [5, 5.41) is 15.9. The van der Waals surface area contributed by atoms with E-state index in [4.69, 9.17) is 4.74 Å². The maximum absolute atomic E-state index is 11.7. The third-order valence-corrected chi connectivity index (χ3v) is 4.35. The van der Waals surface area contributed by atoms with Gasteiger partial charge in [-0.1, -0.05) is 0 Å². The van der Waals surface area contributed by atoms with Crippen molar-refractivity contribution in [3.05, 3.63) is 26.6 Å². The second-order valence-corrected chi connectivity index (χ2v) is 8.09. The molecule has 22 heavy (non-hydrogen) atoms. The third kappa shape index (κ3) is 5.14. The number of hydrogen-bond acceptors (Lipinski definition) is 4. The molecule has 122 valence electrons. The van der Waals surface area contributed by atoms with E-state index in [9.17, 15) is 9.90 Å². The van der Waals surface area contributed by atoms with E-state index in [1.165, 1.54) is 0 Å². The van der Waals surface area contributed by atoms with Crippen LogP contribution in [0.25, 0.3) is 0 Å². The minimum Gasteiger partial charge on any atom is -0.506 e. The lowest BCUT2D eigenvalue weighted by Crippen LogP contribution is -2.36. The van der Waals surface area contributed by atoms with E-state index in [1.807, 2.05) is 32.9 Å². The van der Waals surface area contributed by atoms with Gasteiger partial charge in [-0.05, 0) is 76.7 Å². The number of amides is 1. The van der Waals surface area contributed by atoms with E-state index in [1.54, 1.807) is 0 Å². The molecule has 0 heterocycles. The topological polar surface area (TPSA) is 70.6 Å². The van der Waals surface area contributed by atoms with Crippen LogP contribution >= 0.6 is 31.9 Å². The van der Waals surface area contributed by atoms with Crippen molar-refractivity contribution >= 4 is 38.0 Å². The maximum Gasteiger partial charge on any atom is 0.407 e. The Labute approximate surface area is 147 Å². The zero-order valence-electron chi connectivity index (χ0n) is 12.7. The number of phenols is 1. The average molecular weight is 436 g/mol. The van der Waals surface area contributed by atoms with Crippen LogP contribution in [0.3, 0.4) is 0 Å². The number of ether oxygens (including phenoxy) is 1. The molecule has 1 aromatic rings. The molecule has 5 nitrogen and oxygen atoms in total. The van der Waals surface area contributed by atoms with Gasteiger partial charge in [-0.15, -0.1) is 0 Å². The molecule has 1 fully saturated rings. The minimum atomic E-state index is -0.480. The number of rotatable bonds is 4. The lowest BCUT2D eigenvalue weighted by molar-refractivity contribution is 0.0522. The van der Waals surface area contributed by atoms with Gasteiger partial charge in [-0.25, -0.2) is 4.79 Å². The molecular formula is C15H20Br2N2O3. The van der Waals surface area contributed by atoms with Gasteiger partial charge in [0.2, 0.25) is 0 Å². The van der Waals surface area contributed by atoms with Gasteiger partial charge in [0.15, 0.2) is 0 Å². The molecule has 1 aliphatic rings. The number of hydrogen-bond donors (Lipinski definition) is 3. The Morgan fingerprint density at radius 3 is 2.45 bits per heavy atom. The summed E-state index contributed by atoms with van der Waals surface area (Å²) < 4.78 is 6.53. The Bertz CT molecular complexity index is 549. The van der Waals surface area contributed by atoms with E-state index in [-0.39, 0.29) is 23.9 Å². The van der Waals surface area contributed by atoms with Crippen molar-refractivity contribution in [1.29, 1.82) is 0 Å². The van der Waals surface area contributed by atoms with Crippen molar-refractivity contribution in [3.8, 4) is 5.75 Å². The zero-order chi connectivity index (χ0) is 16.5. The highest BCUT2D eigenvalue weighted by atomic mass is 79.9. The highest BCUT2D eigenvalue weighted by Crippen LogP contribution is 2.33. The van der Waals surface area contributed by atoms with Crippen molar-refractivity contribution in [2.45, 2.75) is 51.4 Å². The van der Waals surface area contributed by atoms with Crippen molar-refractivity contribution in [3.63, 3.8) is 0 Å². The fraction of sp³-hybridized carbons (Fsp3) is 0.533. The van der Waals surface area contributed by atoms with E-state index in [0.717, 1.165) is 12.0 Å². The van der Waals surface area contributed by atoms with Crippen LogP contribution < -0.4 is 10.6 Å². The normalized spacial score (nSPS) is 20.6. The van der Waals surface area contributed by atoms with Crippen LogP contribution in [0.5, 0.6) is 5.75 Å². The predicted octanol–water partition coefficient (Wildman–Crippen LogP) is 3.67. The largest absolute Gasteiger partial charge is 0.506 e. The third-order valence-electron chi connectivity index (χ3n) is 3.14. The Kier molecular flexibility index (Phi) is 5.40. The maximum atomic E-state index is 11.7. The highest BCUT2D eigenvalue weighted by molar-refractivity contribution is 9.11. The molecule has 0 spiro atoms. The highest BCUT2D eigenvalue weighted by Gasteiger charge is 2.38. The molecule has 0 aliphatic heterocycles. The van der Waals surface area contributed by atoms with Crippen LogP contribution in [-0.4, -0.2) is 28.9 Å². The first kappa shape index (κ1) is 17.6. The van der Waals surface area contributed by atoms with Gasteiger partial charge >= 0.3 is 6.09 Å². The molecule has 0 aromatic heterocycles. The summed E-state index contributed by atoms with van der Waals surface area (Å²) in [5.74, 6) is 0.194. The summed E-state index contributed by atoms with van der Waals surface area (Å²) in [5.41, 5.74) is 0.562. The number of benzene rings is 1. The van der Waals surface area contributed by atoms with Gasteiger partial charge in [0.25, 0.3) is 0 Å². The average Bonchev–Trinajstić information content (AvgIpc) is 3.09. The van der Waals surface area contributed by atoms with Gasteiger partial charge in [0.05, 0.1) is 8.95 Å². The molecule has 0 saturated heterocycles. The predicted molar refractivity (Wildman–Crippen MR) is 91.9 cm³/mol.